The van der Waals surface area contributed by atoms with Crippen LogP contribution in [-0.2, 0) is 14.4 Å². The second-order valence-corrected chi connectivity index (χ2v) is 6.18. The molecule has 0 aromatic heterocycles. The summed E-state index contributed by atoms with van der Waals surface area (Å²) in [4.78, 5) is 38.4. The summed E-state index contributed by atoms with van der Waals surface area (Å²) in [5.74, 6) is -0.618. The molecule has 1 aromatic rings. The molecule has 2 N–H and O–H groups in total. The lowest BCUT2D eigenvalue weighted by atomic mass is 10.2. The third kappa shape index (κ3) is 6.34. The van der Waals surface area contributed by atoms with Gasteiger partial charge in [-0.2, -0.15) is 0 Å². The summed E-state index contributed by atoms with van der Waals surface area (Å²) in [6, 6.07) is 6.34. The minimum Gasteiger partial charge on any atom is -0.368 e. The van der Waals surface area contributed by atoms with Crippen molar-refractivity contribution >= 4 is 23.4 Å². The first-order valence-electron chi connectivity index (χ1n) is 8.75. The average molecular weight is 364 g/mol. The van der Waals surface area contributed by atoms with Crippen molar-refractivity contribution in [2.45, 2.75) is 19.8 Å². The zero-order valence-electron chi connectivity index (χ0n) is 15.0. The summed E-state index contributed by atoms with van der Waals surface area (Å²) in [5, 5.41) is 5.23. The molecule has 7 nitrogen and oxygen atoms in total. The van der Waals surface area contributed by atoms with Gasteiger partial charge in [0.2, 0.25) is 17.7 Å². The number of halogens is 1. The van der Waals surface area contributed by atoms with Crippen LogP contribution in [0.15, 0.2) is 24.3 Å². The highest BCUT2D eigenvalue weighted by Gasteiger charge is 2.21. The normalized spacial score (nSPS) is 14.1. The van der Waals surface area contributed by atoms with Gasteiger partial charge in [0.05, 0.1) is 0 Å². The number of carbonyl (C=O) groups is 3. The van der Waals surface area contributed by atoms with Gasteiger partial charge in [-0.1, -0.05) is 0 Å². The number of amides is 3. The number of rotatable bonds is 7. The number of hydrogen-bond donors (Lipinski definition) is 2. The summed E-state index contributed by atoms with van der Waals surface area (Å²) in [6.45, 7) is 4.57. The van der Waals surface area contributed by atoms with E-state index in [0.29, 0.717) is 32.7 Å². The van der Waals surface area contributed by atoms with Crippen LogP contribution in [0.1, 0.15) is 19.8 Å². The van der Waals surface area contributed by atoms with Gasteiger partial charge in [-0.3, -0.25) is 14.4 Å². The lowest BCUT2D eigenvalue weighted by molar-refractivity contribution is -0.131. The molecule has 0 atom stereocenters. The number of carbonyl (C=O) groups excluding carboxylic acids is 3. The number of anilines is 1. The van der Waals surface area contributed by atoms with E-state index in [0.717, 1.165) is 5.69 Å². The van der Waals surface area contributed by atoms with E-state index in [1.54, 1.807) is 17.0 Å². The molecule has 0 unspecified atom stereocenters. The summed E-state index contributed by atoms with van der Waals surface area (Å²) < 4.78 is 13.0. The van der Waals surface area contributed by atoms with E-state index in [9.17, 15) is 18.8 Å². The number of nitrogens with one attached hydrogen (secondary N) is 2. The van der Waals surface area contributed by atoms with Gasteiger partial charge >= 0.3 is 0 Å². The summed E-state index contributed by atoms with van der Waals surface area (Å²) in [7, 11) is 0. The number of nitrogens with zero attached hydrogens (tertiary/aromatic N) is 2. The van der Waals surface area contributed by atoms with Crippen LogP contribution in [0.3, 0.4) is 0 Å². The Morgan fingerprint density at radius 2 is 1.58 bits per heavy atom. The largest absolute Gasteiger partial charge is 0.368 e. The molecule has 26 heavy (non-hydrogen) atoms. The fraction of sp³-hybridized carbons (Fsp3) is 0.500. The highest BCUT2D eigenvalue weighted by atomic mass is 19.1. The first-order chi connectivity index (χ1) is 12.5. The van der Waals surface area contributed by atoms with Crippen molar-refractivity contribution in [2.75, 3.05) is 44.2 Å². The molecular formula is C18H25FN4O3. The molecule has 0 spiro atoms. The Balaban J connectivity index is 1.64. The minimum absolute atomic E-state index is 0.00548. The van der Waals surface area contributed by atoms with Gasteiger partial charge in [0, 0.05) is 64.7 Å². The van der Waals surface area contributed by atoms with E-state index in [4.69, 9.17) is 0 Å². The highest BCUT2D eigenvalue weighted by Crippen LogP contribution is 2.17. The van der Waals surface area contributed by atoms with Crippen molar-refractivity contribution in [3.8, 4) is 0 Å². The van der Waals surface area contributed by atoms with Crippen molar-refractivity contribution in [3.63, 3.8) is 0 Å². The second-order valence-electron chi connectivity index (χ2n) is 6.18. The zero-order chi connectivity index (χ0) is 18.9. The minimum atomic E-state index is -0.262. The molecule has 1 aromatic carbocycles. The quantitative estimate of drug-likeness (QED) is 0.739. The maximum atomic E-state index is 13.0. The summed E-state index contributed by atoms with van der Waals surface area (Å²) in [5.41, 5.74) is 0.949. The molecule has 0 bridgehead atoms. The first kappa shape index (κ1) is 19.7. The van der Waals surface area contributed by atoms with Gasteiger partial charge < -0.3 is 20.4 Å². The third-order valence-electron chi connectivity index (χ3n) is 4.21. The van der Waals surface area contributed by atoms with E-state index < -0.39 is 0 Å². The van der Waals surface area contributed by atoms with Gasteiger partial charge in [0.1, 0.15) is 5.82 Å². The van der Waals surface area contributed by atoms with E-state index in [-0.39, 0.29) is 42.9 Å². The van der Waals surface area contributed by atoms with E-state index in [2.05, 4.69) is 15.5 Å². The van der Waals surface area contributed by atoms with Gasteiger partial charge in [0.25, 0.3) is 0 Å². The molecule has 1 fully saturated rings. The van der Waals surface area contributed by atoms with E-state index in [1.165, 1.54) is 19.1 Å². The number of benzene rings is 1. The Labute approximate surface area is 152 Å². The van der Waals surface area contributed by atoms with Crippen LogP contribution in [-0.4, -0.2) is 61.9 Å². The number of hydrogen-bond acceptors (Lipinski definition) is 4. The monoisotopic (exact) mass is 364 g/mol. The molecule has 0 aliphatic carbocycles. The zero-order valence-corrected chi connectivity index (χ0v) is 15.0. The number of piperazine rings is 1. The van der Waals surface area contributed by atoms with Crippen LogP contribution < -0.4 is 15.5 Å². The Morgan fingerprint density at radius 1 is 0.962 bits per heavy atom. The Morgan fingerprint density at radius 3 is 2.19 bits per heavy atom. The predicted molar refractivity (Wildman–Crippen MR) is 96.1 cm³/mol. The lowest BCUT2D eigenvalue weighted by Gasteiger charge is -2.36. The molecule has 0 saturated carbocycles. The standard InChI is InChI=1S/C18H25FN4O3/c1-14(24)20-8-6-17(25)21-9-7-18(26)23-12-10-22(11-13-23)16-4-2-15(19)3-5-16/h2-5H,6-13H2,1H3,(H,20,24)(H,21,25). The van der Waals surface area contributed by atoms with Crippen molar-refractivity contribution in [1.29, 1.82) is 0 Å². The fourth-order valence-electron chi connectivity index (χ4n) is 2.77. The van der Waals surface area contributed by atoms with Gasteiger partial charge in [-0.15, -0.1) is 0 Å². The molecule has 142 valence electrons. The van der Waals surface area contributed by atoms with Gasteiger partial charge in [-0.05, 0) is 24.3 Å². The average Bonchev–Trinajstić information content (AvgIpc) is 2.62. The molecule has 1 saturated heterocycles. The van der Waals surface area contributed by atoms with Crippen LogP contribution in [0.2, 0.25) is 0 Å². The highest BCUT2D eigenvalue weighted by molar-refractivity contribution is 5.80. The van der Waals surface area contributed by atoms with Gasteiger partial charge in [-0.25, -0.2) is 4.39 Å². The smallest absolute Gasteiger partial charge is 0.224 e. The maximum Gasteiger partial charge on any atom is 0.224 e. The topological polar surface area (TPSA) is 81.8 Å². The van der Waals surface area contributed by atoms with Crippen molar-refractivity contribution in [2.24, 2.45) is 0 Å². The molecule has 8 heteroatoms. The summed E-state index contributed by atoms with van der Waals surface area (Å²) in [6.07, 6.45) is 0.451. The SMILES string of the molecule is CC(=O)NCCC(=O)NCCC(=O)N1CCN(c2ccc(F)cc2)CC1. The Kier molecular flexibility index (Phi) is 7.37. The predicted octanol–water partition coefficient (Wildman–Crippen LogP) is 0.507. The molecule has 1 aliphatic rings. The second kappa shape index (κ2) is 9.74. The molecule has 2 rings (SSSR count). The first-order valence-corrected chi connectivity index (χ1v) is 8.75. The molecule has 1 aliphatic heterocycles. The van der Waals surface area contributed by atoms with Crippen molar-refractivity contribution in [1.82, 2.24) is 15.5 Å². The molecular weight excluding hydrogens is 339 g/mol. The maximum absolute atomic E-state index is 13.0. The summed E-state index contributed by atoms with van der Waals surface area (Å²) >= 11 is 0. The molecule has 0 radical (unpaired) electrons. The fourth-order valence-corrected chi connectivity index (χ4v) is 2.77. The lowest BCUT2D eigenvalue weighted by Crippen LogP contribution is -2.49. The Hall–Kier alpha value is -2.64. The van der Waals surface area contributed by atoms with Crippen LogP contribution >= 0.6 is 0 Å². The van der Waals surface area contributed by atoms with E-state index >= 15 is 0 Å². The van der Waals surface area contributed by atoms with Crippen LogP contribution in [0.25, 0.3) is 0 Å². The van der Waals surface area contributed by atoms with Crippen LogP contribution in [0.4, 0.5) is 10.1 Å². The van der Waals surface area contributed by atoms with Crippen LogP contribution in [0.5, 0.6) is 0 Å². The molecule has 1 heterocycles. The van der Waals surface area contributed by atoms with Gasteiger partial charge in [0.15, 0.2) is 0 Å². The molecule has 3 amide bonds. The van der Waals surface area contributed by atoms with Crippen molar-refractivity contribution < 1.29 is 18.8 Å². The Bertz CT molecular complexity index is 628. The van der Waals surface area contributed by atoms with Crippen LogP contribution in [0, 0.1) is 5.82 Å². The van der Waals surface area contributed by atoms with Crippen molar-refractivity contribution in [3.05, 3.63) is 30.1 Å². The van der Waals surface area contributed by atoms with E-state index in [1.807, 2.05) is 0 Å². The third-order valence-corrected chi connectivity index (χ3v) is 4.21.